The first kappa shape index (κ1) is 8.89. The van der Waals surface area contributed by atoms with E-state index < -0.39 is 10.7 Å². The molecule has 0 radical (unpaired) electrons. The van der Waals surface area contributed by atoms with Crippen molar-refractivity contribution in [3.8, 4) is 0 Å². The molecule has 0 aromatic carbocycles. The summed E-state index contributed by atoms with van der Waals surface area (Å²) in [7, 11) is -2.74. The third-order valence-electron chi connectivity index (χ3n) is 1.83. The summed E-state index contributed by atoms with van der Waals surface area (Å²) in [5.41, 5.74) is -0.124. The van der Waals surface area contributed by atoms with Gasteiger partial charge in [-0.1, -0.05) is 0 Å². The highest BCUT2D eigenvalue weighted by atomic mass is 32.2. The molecule has 2 aromatic rings. The van der Waals surface area contributed by atoms with Gasteiger partial charge < -0.3 is 4.98 Å². The van der Waals surface area contributed by atoms with Gasteiger partial charge in [0, 0.05) is 12.4 Å². The molecule has 0 fully saturated rings. The predicted octanol–water partition coefficient (Wildman–Crippen LogP) is -0.107. The Hall–Kier alpha value is -1.69. The number of hydrogen-bond donors (Lipinski definition) is 2. The Morgan fingerprint density at radius 1 is 1.36 bits per heavy atom. The van der Waals surface area contributed by atoms with Gasteiger partial charge in [0.25, 0.3) is 5.56 Å². The summed E-state index contributed by atoms with van der Waals surface area (Å²) < 4.78 is 21.6. The number of H-pyrrole nitrogens is 1. The highest BCUT2D eigenvalue weighted by Crippen LogP contribution is 2.11. The molecule has 2 rings (SSSR count). The smallest absolute Gasteiger partial charge is 0.257 e. The minimum Gasteiger partial charge on any atom is -0.327 e. The maximum absolute atomic E-state index is 11.3. The van der Waals surface area contributed by atoms with Gasteiger partial charge in [-0.25, -0.2) is 8.42 Å². The Bertz CT molecular complexity index is 607. The SMILES string of the molecule is O=c1[nH]cc([SH](=O)=O)c2ncccc12. The van der Waals surface area contributed by atoms with Crippen LogP contribution in [0, 0.1) is 0 Å². The van der Waals surface area contributed by atoms with Crippen molar-refractivity contribution in [2.45, 2.75) is 4.90 Å². The van der Waals surface area contributed by atoms with E-state index in [9.17, 15) is 13.2 Å². The molecule has 0 saturated carbocycles. The quantitative estimate of drug-likeness (QED) is 0.644. The van der Waals surface area contributed by atoms with Crippen LogP contribution in [0.25, 0.3) is 10.9 Å². The van der Waals surface area contributed by atoms with Crippen LogP contribution >= 0.6 is 0 Å². The number of fused-ring (bicyclic) bond motifs is 1. The molecular weight excluding hydrogens is 204 g/mol. The molecule has 0 saturated heterocycles. The Morgan fingerprint density at radius 2 is 2.14 bits per heavy atom. The summed E-state index contributed by atoms with van der Waals surface area (Å²) in [6, 6.07) is 3.11. The minimum atomic E-state index is -2.74. The Balaban J connectivity index is 3.03. The molecule has 14 heavy (non-hydrogen) atoms. The van der Waals surface area contributed by atoms with Crippen molar-refractivity contribution in [2.24, 2.45) is 0 Å². The van der Waals surface area contributed by atoms with Crippen molar-refractivity contribution in [1.82, 2.24) is 9.97 Å². The highest BCUT2D eigenvalue weighted by Gasteiger charge is 2.06. The Kier molecular flexibility index (Phi) is 2.05. The third kappa shape index (κ3) is 1.29. The molecule has 1 N–H and O–H groups in total. The zero-order valence-electron chi connectivity index (χ0n) is 6.93. The van der Waals surface area contributed by atoms with Crippen molar-refractivity contribution in [3.63, 3.8) is 0 Å². The fourth-order valence-electron chi connectivity index (χ4n) is 1.21. The van der Waals surface area contributed by atoms with Gasteiger partial charge in [-0.15, -0.1) is 0 Å². The van der Waals surface area contributed by atoms with E-state index >= 15 is 0 Å². The molecule has 0 spiro atoms. The van der Waals surface area contributed by atoms with E-state index in [4.69, 9.17) is 0 Å². The minimum absolute atomic E-state index is 0.0372. The number of nitrogens with one attached hydrogen (secondary N) is 1. The molecule has 0 aliphatic heterocycles. The molecular formula is C8H6N2O3S. The van der Waals surface area contributed by atoms with E-state index in [1.807, 2.05) is 0 Å². The summed E-state index contributed by atoms with van der Waals surface area (Å²) in [6.07, 6.45) is 2.60. The van der Waals surface area contributed by atoms with Crippen LogP contribution in [0.3, 0.4) is 0 Å². The number of hydrogen-bond acceptors (Lipinski definition) is 4. The second-order valence-corrected chi connectivity index (χ2v) is 3.66. The lowest BCUT2D eigenvalue weighted by atomic mass is 10.3. The van der Waals surface area contributed by atoms with E-state index in [-0.39, 0.29) is 21.4 Å². The van der Waals surface area contributed by atoms with Gasteiger partial charge in [-0.3, -0.25) is 9.78 Å². The summed E-state index contributed by atoms with van der Waals surface area (Å²) in [5.74, 6) is 0. The van der Waals surface area contributed by atoms with E-state index in [2.05, 4.69) is 9.97 Å². The standard InChI is InChI=1S/C8H6N2O3S/c11-8-5-2-1-3-9-7(5)6(4-10-8)14(12)13/h1-4,14H,(H,10,11). The van der Waals surface area contributed by atoms with Gasteiger partial charge in [0.2, 0.25) is 0 Å². The maximum Gasteiger partial charge on any atom is 0.257 e. The fraction of sp³-hybridized carbons (Fsp3) is 0. The summed E-state index contributed by atoms with van der Waals surface area (Å²) >= 11 is 0. The van der Waals surface area contributed by atoms with Crippen molar-refractivity contribution < 1.29 is 8.42 Å². The van der Waals surface area contributed by atoms with E-state index in [1.54, 1.807) is 6.07 Å². The molecule has 0 amide bonds. The topological polar surface area (TPSA) is 79.9 Å². The van der Waals surface area contributed by atoms with Crippen LogP contribution in [-0.2, 0) is 10.7 Å². The summed E-state index contributed by atoms with van der Waals surface area (Å²) in [5, 5.41) is 0.282. The van der Waals surface area contributed by atoms with Gasteiger partial charge in [0.05, 0.1) is 10.9 Å². The first-order chi connectivity index (χ1) is 6.70. The average molecular weight is 210 g/mol. The lowest BCUT2D eigenvalue weighted by Crippen LogP contribution is -2.07. The van der Waals surface area contributed by atoms with Crippen molar-refractivity contribution >= 4 is 21.6 Å². The largest absolute Gasteiger partial charge is 0.327 e. The summed E-state index contributed by atoms with van der Waals surface area (Å²) in [6.45, 7) is 0. The lowest BCUT2D eigenvalue weighted by molar-refractivity contribution is 0.615. The first-order valence-corrected chi connectivity index (χ1v) is 4.98. The van der Waals surface area contributed by atoms with E-state index in [1.165, 1.54) is 12.3 Å². The molecule has 2 heterocycles. The van der Waals surface area contributed by atoms with Crippen LogP contribution in [0.2, 0.25) is 0 Å². The van der Waals surface area contributed by atoms with Gasteiger partial charge in [0.15, 0.2) is 10.7 Å². The molecule has 72 valence electrons. The fourth-order valence-corrected chi connectivity index (χ4v) is 1.73. The number of thiol groups is 1. The van der Waals surface area contributed by atoms with Crippen molar-refractivity contribution in [2.75, 3.05) is 0 Å². The molecule has 6 heteroatoms. The van der Waals surface area contributed by atoms with Gasteiger partial charge in [-0.05, 0) is 12.1 Å². The van der Waals surface area contributed by atoms with E-state index in [0.29, 0.717) is 0 Å². The molecule has 0 atom stereocenters. The molecule has 0 unspecified atom stereocenters. The highest BCUT2D eigenvalue weighted by molar-refractivity contribution is 7.72. The predicted molar refractivity (Wildman–Crippen MR) is 50.9 cm³/mol. The van der Waals surface area contributed by atoms with Crippen LogP contribution in [0.15, 0.2) is 34.2 Å². The molecule has 0 aliphatic carbocycles. The molecule has 0 bridgehead atoms. The van der Waals surface area contributed by atoms with Crippen LogP contribution in [0.4, 0.5) is 0 Å². The van der Waals surface area contributed by atoms with Crippen LogP contribution in [0.5, 0.6) is 0 Å². The van der Waals surface area contributed by atoms with Gasteiger partial charge in [-0.2, -0.15) is 0 Å². The van der Waals surface area contributed by atoms with Crippen molar-refractivity contribution in [1.29, 1.82) is 0 Å². The number of aromatic nitrogens is 2. The molecule has 5 nitrogen and oxygen atoms in total. The van der Waals surface area contributed by atoms with Crippen LogP contribution < -0.4 is 5.56 Å². The molecule has 2 aromatic heterocycles. The van der Waals surface area contributed by atoms with Crippen LogP contribution in [-0.4, -0.2) is 18.4 Å². The summed E-state index contributed by atoms with van der Waals surface area (Å²) in [4.78, 5) is 17.5. The first-order valence-electron chi connectivity index (χ1n) is 3.81. The Labute approximate surface area is 80.4 Å². The number of nitrogens with zero attached hydrogens (tertiary/aromatic N) is 1. The lowest BCUT2D eigenvalue weighted by Gasteiger charge is -1.97. The molecule has 0 aliphatic rings. The van der Waals surface area contributed by atoms with Gasteiger partial charge >= 0.3 is 0 Å². The second kappa shape index (κ2) is 3.22. The zero-order valence-corrected chi connectivity index (χ0v) is 7.82. The maximum atomic E-state index is 11.3. The second-order valence-electron chi connectivity index (χ2n) is 2.66. The number of rotatable bonds is 1. The van der Waals surface area contributed by atoms with E-state index in [0.717, 1.165) is 6.20 Å². The third-order valence-corrected chi connectivity index (χ3v) is 2.57. The number of aromatic amines is 1. The normalized spacial score (nSPS) is 10.9. The van der Waals surface area contributed by atoms with Crippen LogP contribution in [0.1, 0.15) is 0 Å². The van der Waals surface area contributed by atoms with Gasteiger partial charge in [0.1, 0.15) is 4.90 Å². The monoisotopic (exact) mass is 210 g/mol. The average Bonchev–Trinajstić information content (AvgIpc) is 2.18. The van der Waals surface area contributed by atoms with Crippen molar-refractivity contribution in [3.05, 3.63) is 34.9 Å². The zero-order chi connectivity index (χ0) is 10.1. The Morgan fingerprint density at radius 3 is 2.86 bits per heavy atom. The number of pyridine rings is 2.